The Balaban J connectivity index is 1.23. The monoisotopic (exact) mass is 551 g/mol. The van der Waals surface area contributed by atoms with Gasteiger partial charge in [-0.05, 0) is 54.8 Å². The van der Waals surface area contributed by atoms with E-state index in [2.05, 4.69) is 35.1 Å². The molecule has 1 saturated carbocycles. The molecule has 3 aliphatic heterocycles. The van der Waals surface area contributed by atoms with Gasteiger partial charge in [0, 0.05) is 31.1 Å². The zero-order valence-electron chi connectivity index (χ0n) is 22.7. The van der Waals surface area contributed by atoms with Gasteiger partial charge in [0.05, 0.1) is 13.1 Å². The third kappa shape index (κ3) is 3.94. The molecule has 2 bridgehead atoms. The highest BCUT2D eigenvalue weighted by molar-refractivity contribution is 5.89. The first-order chi connectivity index (χ1) is 20.0. The third-order valence-corrected chi connectivity index (χ3v) is 8.53. The van der Waals surface area contributed by atoms with Crippen LogP contribution in [0, 0.1) is 0 Å². The van der Waals surface area contributed by atoms with Gasteiger partial charge >= 0.3 is 6.09 Å². The lowest BCUT2D eigenvalue weighted by atomic mass is 9.86. The van der Waals surface area contributed by atoms with Crippen LogP contribution in [0.15, 0.2) is 53.5 Å². The summed E-state index contributed by atoms with van der Waals surface area (Å²) in [7, 11) is 2.19. The number of carbonyl (C=O) groups excluding carboxylic acids is 1. The molecule has 4 aromatic rings. The van der Waals surface area contributed by atoms with Crippen molar-refractivity contribution in [2.45, 2.75) is 37.8 Å². The number of rotatable bonds is 2. The Kier molecular flexibility index (Phi) is 5.33. The quantitative estimate of drug-likeness (QED) is 0.350. The topological polar surface area (TPSA) is 108 Å². The molecule has 8 rings (SSSR count). The summed E-state index contributed by atoms with van der Waals surface area (Å²) in [6, 6.07) is 10.3. The minimum absolute atomic E-state index is 0.0852. The van der Waals surface area contributed by atoms with Crippen LogP contribution < -0.4 is 15.2 Å². The summed E-state index contributed by atoms with van der Waals surface area (Å²) >= 11 is 0. The van der Waals surface area contributed by atoms with Crippen molar-refractivity contribution in [3.63, 3.8) is 0 Å². The summed E-state index contributed by atoms with van der Waals surface area (Å²) < 4.78 is 14.4. The smallest absolute Gasteiger partial charge is 0.416 e. The van der Waals surface area contributed by atoms with Gasteiger partial charge in [-0.15, -0.1) is 0 Å². The molecule has 11 heteroatoms. The van der Waals surface area contributed by atoms with Crippen molar-refractivity contribution < 1.29 is 14.3 Å². The molecule has 41 heavy (non-hydrogen) atoms. The van der Waals surface area contributed by atoms with Gasteiger partial charge in [0.2, 0.25) is 0 Å². The van der Waals surface area contributed by atoms with Gasteiger partial charge < -0.3 is 14.4 Å². The average molecular weight is 552 g/mol. The molecule has 0 unspecified atom stereocenters. The number of anilines is 1. The van der Waals surface area contributed by atoms with E-state index in [0.717, 1.165) is 18.7 Å². The number of carbonyl (C=O) groups is 1. The van der Waals surface area contributed by atoms with Crippen LogP contribution in [0.25, 0.3) is 16.9 Å². The van der Waals surface area contributed by atoms with Crippen LogP contribution in [0.4, 0.5) is 10.6 Å². The molecule has 11 nitrogen and oxygen atoms in total. The minimum atomic E-state index is -0.493. The Morgan fingerprint density at radius 1 is 1.05 bits per heavy atom. The standard InChI is InChI=1S/C30H29N7O4/c1-34-17-20-14-19(4-5-22(20)30(18-34)8-9-30)15-24-31-16-21-26(32-24)37-25-7-6-23-27(33-25)35(11-13-40-23)29(39)41-12-3-2-10-36(37)28(21)38/h2-7,14,16H,8-13,15,17-18H2,1H3/b3-2-. The number of ether oxygens (including phenoxy) is 2. The molecule has 6 heterocycles. The number of hydrogen-bond donors (Lipinski definition) is 0. The maximum atomic E-state index is 13.5. The minimum Gasteiger partial charge on any atom is -0.488 e. The van der Waals surface area contributed by atoms with Crippen molar-refractivity contribution in [3.05, 3.63) is 81.5 Å². The molecule has 0 N–H and O–H groups in total. The lowest BCUT2D eigenvalue weighted by Gasteiger charge is -2.32. The van der Waals surface area contributed by atoms with Gasteiger partial charge in [-0.2, -0.15) is 0 Å². The van der Waals surface area contributed by atoms with Gasteiger partial charge in [0.15, 0.2) is 23.0 Å². The number of fused-ring (bicyclic) bond motifs is 7. The van der Waals surface area contributed by atoms with Gasteiger partial charge in [0.1, 0.15) is 24.4 Å². The lowest BCUT2D eigenvalue weighted by molar-refractivity contribution is 0.161. The average Bonchev–Trinajstić information content (AvgIpc) is 3.67. The second-order valence-corrected chi connectivity index (χ2v) is 11.4. The van der Waals surface area contributed by atoms with Crippen LogP contribution in [-0.2, 0) is 29.7 Å². The second kappa shape index (κ2) is 9.00. The number of cyclic esters (lactones) is 1. The molecule has 208 valence electrons. The van der Waals surface area contributed by atoms with E-state index < -0.39 is 6.09 Å². The van der Waals surface area contributed by atoms with E-state index in [1.165, 1.54) is 28.9 Å². The van der Waals surface area contributed by atoms with Crippen molar-refractivity contribution in [2.75, 3.05) is 38.3 Å². The molecule has 0 atom stereocenters. The Labute approximate surface area is 235 Å². The molecular formula is C30H29N7O4. The predicted molar refractivity (Wildman–Crippen MR) is 151 cm³/mol. The highest BCUT2D eigenvalue weighted by Crippen LogP contribution is 2.52. The van der Waals surface area contributed by atoms with Crippen molar-refractivity contribution in [3.8, 4) is 11.6 Å². The van der Waals surface area contributed by atoms with E-state index in [0.29, 0.717) is 59.2 Å². The van der Waals surface area contributed by atoms with Crippen LogP contribution in [0.3, 0.4) is 0 Å². The Morgan fingerprint density at radius 3 is 2.83 bits per heavy atom. The molecule has 3 aromatic heterocycles. The van der Waals surface area contributed by atoms with Crippen LogP contribution in [-0.4, -0.2) is 68.7 Å². The third-order valence-electron chi connectivity index (χ3n) is 8.53. The van der Waals surface area contributed by atoms with Gasteiger partial charge in [0.25, 0.3) is 5.56 Å². The largest absolute Gasteiger partial charge is 0.488 e. The fourth-order valence-corrected chi connectivity index (χ4v) is 6.48. The van der Waals surface area contributed by atoms with E-state index >= 15 is 0 Å². The summed E-state index contributed by atoms with van der Waals surface area (Å²) in [6.45, 7) is 3.06. The van der Waals surface area contributed by atoms with Gasteiger partial charge in [-0.3, -0.25) is 9.69 Å². The van der Waals surface area contributed by atoms with Crippen molar-refractivity contribution in [1.82, 2.24) is 29.2 Å². The fourth-order valence-electron chi connectivity index (χ4n) is 6.48. The Morgan fingerprint density at radius 2 is 1.95 bits per heavy atom. The van der Waals surface area contributed by atoms with Crippen LogP contribution in [0.1, 0.15) is 35.4 Å². The maximum absolute atomic E-state index is 13.5. The first-order valence-electron chi connectivity index (χ1n) is 14.0. The highest BCUT2D eigenvalue weighted by Gasteiger charge is 2.48. The molecule has 1 aliphatic carbocycles. The number of benzene rings is 1. The number of likely N-dealkylation sites (N-methyl/N-ethyl adjacent to an activating group) is 1. The molecule has 1 fully saturated rings. The normalized spacial score (nSPS) is 19.9. The van der Waals surface area contributed by atoms with Crippen molar-refractivity contribution in [1.29, 1.82) is 0 Å². The number of amides is 1. The van der Waals surface area contributed by atoms with E-state index in [-0.39, 0.29) is 18.7 Å². The number of allylic oxidation sites excluding steroid dienone is 1. The van der Waals surface area contributed by atoms with Gasteiger partial charge in [-0.25, -0.2) is 29.1 Å². The molecule has 1 spiro atoms. The zero-order chi connectivity index (χ0) is 27.7. The summed E-state index contributed by atoms with van der Waals surface area (Å²) in [5.41, 5.74) is 4.61. The lowest BCUT2D eigenvalue weighted by Crippen LogP contribution is -2.39. The van der Waals surface area contributed by atoms with E-state index in [1.807, 2.05) is 0 Å². The molecule has 1 amide bonds. The number of aromatic nitrogens is 5. The summed E-state index contributed by atoms with van der Waals surface area (Å²) in [6.07, 6.45) is 7.71. The second-order valence-electron chi connectivity index (χ2n) is 11.4. The van der Waals surface area contributed by atoms with Crippen molar-refractivity contribution >= 4 is 22.9 Å². The summed E-state index contributed by atoms with van der Waals surface area (Å²) in [5.74, 6) is 1.91. The molecule has 1 aromatic carbocycles. The molecular weight excluding hydrogens is 522 g/mol. The first kappa shape index (κ1) is 24.3. The van der Waals surface area contributed by atoms with Crippen molar-refractivity contribution in [2.24, 2.45) is 0 Å². The molecule has 0 radical (unpaired) electrons. The molecule has 0 saturated heterocycles. The van der Waals surface area contributed by atoms with E-state index in [4.69, 9.17) is 19.4 Å². The number of pyridine rings is 1. The van der Waals surface area contributed by atoms with E-state index in [9.17, 15) is 9.59 Å². The molecule has 4 aliphatic rings. The van der Waals surface area contributed by atoms with Gasteiger partial charge in [-0.1, -0.05) is 24.3 Å². The SMILES string of the molecule is CN1Cc2cc(Cc3ncc4c(=O)n5n(c4n3)-c3ccc4c(n3)N(CCO4)C(=O)OC/C=C\C5)ccc2C2(CC2)C1. The first-order valence-corrected chi connectivity index (χ1v) is 14.0. The summed E-state index contributed by atoms with van der Waals surface area (Å²) in [4.78, 5) is 44.5. The number of hydrogen-bond acceptors (Lipinski definition) is 8. The van der Waals surface area contributed by atoms with E-state index in [1.54, 1.807) is 39.8 Å². The Bertz CT molecular complexity index is 1820. The Hall–Kier alpha value is -4.51. The fraction of sp³-hybridized carbons (Fsp3) is 0.367. The van der Waals surface area contributed by atoms with Crippen LogP contribution in [0.5, 0.6) is 5.75 Å². The maximum Gasteiger partial charge on any atom is 0.416 e. The number of nitrogens with zero attached hydrogens (tertiary/aromatic N) is 7. The van der Waals surface area contributed by atoms with Crippen LogP contribution in [0.2, 0.25) is 0 Å². The zero-order valence-corrected chi connectivity index (χ0v) is 22.7. The van der Waals surface area contributed by atoms with Crippen LogP contribution >= 0.6 is 0 Å². The predicted octanol–water partition coefficient (Wildman–Crippen LogP) is 2.95. The summed E-state index contributed by atoms with van der Waals surface area (Å²) in [5, 5.41) is 0.403. The highest BCUT2D eigenvalue weighted by atomic mass is 16.6.